The molecule has 0 aliphatic rings. The van der Waals surface area contributed by atoms with Gasteiger partial charge in [-0.2, -0.15) is 0 Å². The summed E-state index contributed by atoms with van der Waals surface area (Å²) < 4.78 is 0. The van der Waals surface area contributed by atoms with Gasteiger partial charge in [-0.15, -0.1) is 0 Å². The largest absolute Gasteiger partial charge is 0.478 e. The quantitative estimate of drug-likeness (QED) is 0.809. The molecule has 2 rings (SSSR count). The Morgan fingerprint density at radius 2 is 1.62 bits per heavy atom. The zero-order valence-electron chi connectivity index (χ0n) is 14.7. The first-order valence-corrected chi connectivity index (χ1v) is 8.19. The smallest absolute Gasteiger partial charge is 0.335 e. The second-order valence-electron chi connectivity index (χ2n) is 6.51. The average Bonchev–Trinajstić information content (AvgIpc) is 2.53. The minimum absolute atomic E-state index is 0.331. The van der Waals surface area contributed by atoms with E-state index in [1.54, 1.807) is 12.1 Å². The molecule has 4 nitrogen and oxygen atoms in total. The van der Waals surface area contributed by atoms with E-state index in [2.05, 4.69) is 55.1 Å². The van der Waals surface area contributed by atoms with Crippen molar-refractivity contribution >= 4 is 5.97 Å². The third kappa shape index (κ3) is 5.80. The van der Waals surface area contributed by atoms with Crippen molar-refractivity contribution in [1.29, 1.82) is 0 Å². The van der Waals surface area contributed by atoms with Crippen molar-refractivity contribution in [2.45, 2.75) is 20.0 Å². The highest BCUT2D eigenvalue weighted by molar-refractivity contribution is 5.87. The maximum atomic E-state index is 11.0. The summed E-state index contributed by atoms with van der Waals surface area (Å²) in [4.78, 5) is 15.5. The summed E-state index contributed by atoms with van der Waals surface area (Å²) in [7, 11) is 4.15. The van der Waals surface area contributed by atoms with Crippen LogP contribution in [0.15, 0.2) is 48.5 Å². The van der Waals surface area contributed by atoms with Crippen molar-refractivity contribution < 1.29 is 9.90 Å². The normalized spacial score (nSPS) is 11.2. The molecular formula is C20H26N2O2. The number of hydrogen-bond donors (Lipinski definition) is 1. The van der Waals surface area contributed by atoms with Gasteiger partial charge in [-0.3, -0.25) is 4.90 Å². The fourth-order valence-electron chi connectivity index (χ4n) is 2.64. The molecule has 2 aromatic carbocycles. The van der Waals surface area contributed by atoms with Gasteiger partial charge in [0.05, 0.1) is 5.56 Å². The molecular weight excluding hydrogens is 300 g/mol. The number of rotatable bonds is 8. The lowest BCUT2D eigenvalue weighted by Gasteiger charge is -2.24. The highest BCUT2D eigenvalue weighted by Gasteiger charge is 2.09. The summed E-state index contributed by atoms with van der Waals surface area (Å²) in [6.07, 6.45) is 0. The molecule has 128 valence electrons. The van der Waals surface area contributed by atoms with E-state index in [4.69, 9.17) is 5.11 Å². The zero-order chi connectivity index (χ0) is 17.5. The Morgan fingerprint density at radius 3 is 2.21 bits per heavy atom. The molecule has 0 fully saturated rings. The molecule has 0 saturated heterocycles. The molecule has 0 amide bonds. The highest BCUT2D eigenvalue weighted by Crippen LogP contribution is 2.12. The third-order valence-electron chi connectivity index (χ3n) is 3.96. The molecule has 24 heavy (non-hydrogen) atoms. The molecule has 0 aromatic heterocycles. The van der Waals surface area contributed by atoms with Crippen LogP contribution in [0.25, 0.3) is 0 Å². The molecule has 0 spiro atoms. The Bertz CT molecular complexity index is 666. The van der Waals surface area contributed by atoms with E-state index < -0.39 is 5.97 Å². The average molecular weight is 326 g/mol. The molecule has 1 N–H and O–H groups in total. The molecule has 0 aliphatic heterocycles. The predicted octanol–water partition coefficient (Wildman–Crippen LogP) is 3.26. The van der Waals surface area contributed by atoms with Crippen LogP contribution in [-0.4, -0.2) is 48.1 Å². The van der Waals surface area contributed by atoms with E-state index in [0.717, 1.165) is 31.7 Å². The van der Waals surface area contributed by atoms with E-state index in [9.17, 15) is 4.79 Å². The Hall–Kier alpha value is -2.17. The third-order valence-corrected chi connectivity index (χ3v) is 3.96. The number of nitrogens with zero attached hydrogens (tertiary/aromatic N) is 2. The van der Waals surface area contributed by atoms with E-state index in [1.807, 2.05) is 12.1 Å². The Kier molecular flexibility index (Phi) is 6.53. The summed E-state index contributed by atoms with van der Waals surface area (Å²) in [5.41, 5.74) is 4.03. The number of carboxylic acid groups (broad SMARTS) is 1. The number of hydrogen-bond acceptors (Lipinski definition) is 3. The summed E-state index contributed by atoms with van der Waals surface area (Å²) in [5, 5.41) is 9.01. The number of likely N-dealkylation sites (N-methyl/N-ethyl adjacent to an activating group) is 1. The first-order chi connectivity index (χ1) is 11.4. The van der Waals surface area contributed by atoms with Gasteiger partial charge in [0, 0.05) is 26.2 Å². The van der Waals surface area contributed by atoms with Crippen molar-refractivity contribution in [3.8, 4) is 0 Å². The van der Waals surface area contributed by atoms with Crippen LogP contribution in [0, 0.1) is 6.92 Å². The van der Waals surface area contributed by atoms with Gasteiger partial charge in [0.25, 0.3) is 0 Å². The Morgan fingerprint density at radius 1 is 0.958 bits per heavy atom. The first kappa shape index (κ1) is 18.2. The van der Waals surface area contributed by atoms with Crippen LogP contribution in [0.4, 0.5) is 0 Å². The predicted molar refractivity (Wildman–Crippen MR) is 97.2 cm³/mol. The molecule has 0 saturated carbocycles. The SMILES string of the molecule is Cc1cccc(CN(CCN(C)C)Cc2ccc(C(=O)O)cc2)c1. The lowest BCUT2D eigenvalue weighted by molar-refractivity contribution is 0.0697. The van der Waals surface area contributed by atoms with E-state index >= 15 is 0 Å². The van der Waals surface area contributed by atoms with Crippen molar-refractivity contribution in [3.63, 3.8) is 0 Å². The van der Waals surface area contributed by atoms with Gasteiger partial charge in [0.1, 0.15) is 0 Å². The van der Waals surface area contributed by atoms with Gasteiger partial charge in [-0.05, 0) is 44.3 Å². The Labute approximate surface area is 144 Å². The second kappa shape index (κ2) is 8.62. The molecule has 4 heteroatoms. The van der Waals surface area contributed by atoms with Crippen LogP contribution in [0.5, 0.6) is 0 Å². The van der Waals surface area contributed by atoms with E-state index in [1.165, 1.54) is 11.1 Å². The zero-order valence-corrected chi connectivity index (χ0v) is 14.7. The fraction of sp³-hybridized carbons (Fsp3) is 0.350. The van der Waals surface area contributed by atoms with E-state index in [-0.39, 0.29) is 0 Å². The number of carbonyl (C=O) groups is 1. The van der Waals surface area contributed by atoms with Crippen LogP contribution in [0.1, 0.15) is 27.0 Å². The summed E-state index contributed by atoms with van der Waals surface area (Å²) in [6, 6.07) is 15.7. The molecule has 0 unspecified atom stereocenters. The van der Waals surface area contributed by atoms with Gasteiger partial charge in [-0.1, -0.05) is 42.0 Å². The van der Waals surface area contributed by atoms with Crippen molar-refractivity contribution in [1.82, 2.24) is 9.80 Å². The van der Waals surface area contributed by atoms with Gasteiger partial charge >= 0.3 is 5.97 Å². The van der Waals surface area contributed by atoms with Gasteiger partial charge < -0.3 is 10.0 Å². The minimum Gasteiger partial charge on any atom is -0.478 e. The summed E-state index contributed by atoms with van der Waals surface area (Å²) in [6.45, 7) is 5.75. The minimum atomic E-state index is -0.884. The Balaban J connectivity index is 2.08. The summed E-state index contributed by atoms with van der Waals surface area (Å²) in [5.74, 6) is -0.884. The standard InChI is InChI=1S/C20H26N2O2/c1-16-5-4-6-18(13-16)15-22(12-11-21(2)3)14-17-7-9-19(10-8-17)20(23)24/h4-10,13H,11-12,14-15H2,1-3H3,(H,23,24). The second-order valence-corrected chi connectivity index (χ2v) is 6.51. The van der Waals surface area contributed by atoms with Crippen LogP contribution < -0.4 is 0 Å². The van der Waals surface area contributed by atoms with Gasteiger partial charge in [-0.25, -0.2) is 4.79 Å². The fourth-order valence-corrected chi connectivity index (χ4v) is 2.64. The van der Waals surface area contributed by atoms with Crippen molar-refractivity contribution in [2.24, 2.45) is 0 Å². The molecule has 0 heterocycles. The van der Waals surface area contributed by atoms with Crippen molar-refractivity contribution in [2.75, 3.05) is 27.2 Å². The maximum Gasteiger partial charge on any atom is 0.335 e. The molecule has 2 aromatic rings. The topological polar surface area (TPSA) is 43.8 Å². The number of benzene rings is 2. The molecule has 0 radical (unpaired) electrons. The van der Waals surface area contributed by atoms with Gasteiger partial charge in [0.2, 0.25) is 0 Å². The van der Waals surface area contributed by atoms with Crippen molar-refractivity contribution in [3.05, 3.63) is 70.8 Å². The number of aromatic carboxylic acids is 1. The molecule has 0 aliphatic carbocycles. The van der Waals surface area contributed by atoms with Gasteiger partial charge in [0.15, 0.2) is 0 Å². The van der Waals surface area contributed by atoms with Crippen LogP contribution in [0.3, 0.4) is 0 Å². The van der Waals surface area contributed by atoms with E-state index in [0.29, 0.717) is 5.56 Å². The lowest BCUT2D eigenvalue weighted by Crippen LogP contribution is -2.31. The van der Waals surface area contributed by atoms with Crippen LogP contribution >= 0.6 is 0 Å². The summed E-state index contributed by atoms with van der Waals surface area (Å²) >= 11 is 0. The first-order valence-electron chi connectivity index (χ1n) is 8.19. The van der Waals surface area contributed by atoms with Crippen LogP contribution in [0.2, 0.25) is 0 Å². The highest BCUT2D eigenvalue weighted by atomic mass is 16.4. The lowest BCUT2D eigenvalue weighted by atomic mass is 10.1. The molecule has 0 bridgehead atoms. The number of carboxylic acids is 1. The molecule has 0 atom stereocenters. The number of aryl methyl sites for hydroxylation is 1. The maximum absolute atomic E-state index is 11.0. The monoisotopic (exact) mass is 326 g/mol. The van der Waals surface area contributed by atoms with Crippen LogP contribution in [-0.2, 0) is 13.1 Å².